The van der Waals surface area contributed by atoms with Crippen LogP contribution >= 0.6 is 27.7 Å². The zero-order valence-electron chi connectivity index (χ0n) is 26.5. The van der Waals surface area contributed by atoms with Gasteiger partial charge in [-0.1, -0.05) is 107 Å². The number of nitrogens with zero attached hydrogens (tertiary/aromatic N) is 1. The Labute approximate surface area is 291 Å². The molecule has 1 saturated heterocycles. The van der Waals surface area contributed by atoms with E-state index in [0.717, 1.165) is 11.8 Å². The number of thioether (sulfide) groups is 1. The molecule has 3 unspecified atom stereocenters. The van der Waals surface area contributed by atoms with Crippen LogP contribution in [0.3, 0.4) is 0 Å². The molecule has 12 heteroatoms. The number of ether oxygens (including phenoxy) is 3. The number of β-lactam (4-membered cyclic amide) rings is 1. The zero-order chi connectivity index (χ0) is 34.4. The van der Waals surface area contributed by atoms with E-state index >= 15 is 0 Å². The van der Waals surface area contributed by atoms with Gasteiger partial charge in [0.2, 0.25) is 11.8 Å². The summed E-state index contributed by atoms with van der Waals surface area (Å²) >= 11 is 4.31. The fourth-order valence-electron chi connectivity index (χ4n) is 5.41. The van der Waals surface area contributed by atoms with E-state index in [-0.39, 0.29) is 12.2 Å². The number of hydrogen-bond acceptors (Lipinski definition) is 9. The van der Waals surface area contributed by atoms with Gasteiger partial charge in [-0.25, -0.2) is 9.59 Å². The number of alkyl halides is 1. The Morgan fingerprint density at radius 3 is 1.94 bits per heavy atom. The minimum atomic E-state index is -1.44. The standard InChI is InChI=1S/C36H35BrN2O8S/c1-36(2,3)47-34(43)26(22-13-7-4-8-14-22)30(40)38-27-31(41)39-28(25(21-48-32(27)39)33(42)45-20-19-37)35(44)46-29(23-15-9-5-10-16-23)24-17-11-6-12-18-24/h4-18,21,26-29,32H,19-20H2,1-3H3,(H,38,40)/t26?,27?,28?,32-/m0/s1. The van der Waals surface area contributed by atoms with E-state index in [4.69, 9.17) is 14.2 Å². The molecule has 48 heavy (non-hydrogen) atoms. The van der Waals surface area contributed by atoms with Crippen molar-refractivity contribution in [2.75, 3.05) is 11.9 Å². The van der Waals surface area contributed by atoms with Crippen molar-refractivity contribution in [1.82, 2.24) is 10.2 Å². The maximum atomic E-state index is 14.1. The van der Waals surface area contributed by atoms with E-state index in [1.165, 1.54) is 10.3 Å². The lowest BCUT2D eigenvalue weighted by Crippen LogP contribution is -2.74. The topological polar surface area (TPSA) is 128 Å². The summed E-state index contributed by atoms with van der Waals surface area (Å²) in [5.41, 5.74) is 0.870. The number of benzene rings is 3. The lowest BCUT2D eigenvalue weighted by atomic mass is 9.94. The van der Waals surface area contributed by atoms with Crippen molar-refractivity contribution >= 4 is 57.4 Å². The van der Waals surface area contributed by atoms with Crippen LogP contribution in [0.2, 0.25) is 0 Å². The molecule has 2 heterocycles. The fraction of sp³-hybridized carbons (Fsp3) is 0.306. The van der Waals surface area contributed by atoms with Crippen LogP contribution in [-0.4, -0.2) is 69.6 Å². The third-order valence-corrected chi connectivity index (χ3v) is 9.02. The minimum absolute atomic E-state index is 0.0425. The lowest BCUT2D eigenvalue weighted by Gasteiger charge is -2.51. The summed E-state index contributed by atoms with van der Waals surface area (Å²) in [5.74, 6) is -5.06. The molecule has 3 aromatic rings. The van der Waals surface area contributed by atoms with E-state index in [1.54, 1.807) is 51.1 Å². The van der Waals surface area contributed by atoms with Gasteiger partial charge in [0.1, 0.15) is 23.6 Å². The molecular weight excluding hydrogens is 700 g/mol. The van der Waals surface area contributed by atoms with Crippen LogP contribution in [0.25, 0.3) is 0 Å². The van der Waals surface area contributed by atoms with Crippen molar-refractivity contribution < 1.29 is 38.2 Å². The fourth-order valence-corrected chi connectivity index (χ4v) is 6.78. The van der Waals surface area contributed by atoms with Gasteiger partial charge in [-0.15, -0.1) is 11.8 Å². The Bertz CT molecular complexity index is 1640. The van der Waals surface area contributed by atoms with Gasteiger partial charge in [0.25, 0.3) is 0 Å². The average molecular weight is 736 g/mol. The Morgan fingerprint density at radius 2 is 1.42 bits per heavy atom. The van der Waals surface area contributed by atoms with Crippen LogP contribution in [-0.2, 0) is 38.2 Å². The van der Waals surface area contributed by atoms with E-state index in [2.05, 4.69) is 21.2 Å². The molecule has 0 bridgehead atoms. The van der Waals surface area contributed by atoms with E-state index < -0.39 is 64.8 Å². The van der Waals surface area contributed by atoms with Crippen molar-refractivity contribution in [3.63, 3.8) is 0 Å². The molecule has 4 atom stereocenters. The van der Waals surface area contributed by atoms with Crippen molar-refractivity contribution in [2.45, 2.75) is 55.9 Å². The monoisotopic (exact) mass is 734 g/mol. The molecule has 0 saturated carbocycles. The zero-order valence-corrected chi connectivity index (χ0v) is 28.9. The van der Waals surface area contributed by atoms with E-state index in [9.17, 15) is 24.0 Å². The van der Waals surface area contributed by atoms with Crippen LogP contribution in [0.15, 0.2) is 102 Å². The third-order valence-electron chi connectivity index (χ3n) is 7.53. The number of carbonyl (C=O) groups is 5. The van der Waals surface area contributed by atoms with E-state index in [0.29, 0.717) is 22.0 Å². The minimum Gasteiger partial charge on any atom is -0.461 e. The highest BCUT2D eigenvalue weighted by Gasteiger charge is 2.58. The second-order valence-corrected chi connectivity index (χ2v) is 13.9. The lowest BCUT2D eigenvalue weighted by molar-refractivity contribution is -0.167. The Kier molecular flexibility index (Phi) is 11.1. The van der Waals surface area contributed by atoms with Crippen LogP contribution < -0.4 is 5.32 Å². The summed E-state index contributed by atoms with van der Waals surface area (Å²) < 4.78 is 17.0. The van der Waals surface area contributed by atoms with Crippen LogP contribution in [0.5, 0.6) is 0 Å². The summed E-state index contributed by atoms with van der Waals surface area (Å²) in [6, 6.07) is 24.1. The molecule has 2 aliphatic rings. The smallest absolute Gasteiger partial charge is 0.337 e. The molecule has 0 spiro atoms. The number of fused-ring (bicyclic) bond motifs is 1. The molecule has 250 valence electrons. The molecule has 10 nitrogen and oxygen atoms in total. The predicted molar refractivity (Wildman–Crippen MR) is 183 cm³/mol. The largest absolute Gasteiger partial charge is 0.461 e. The van der Waals surface area contributed by atoms with Gasteiger partial charge in [0.05, 0.1) is 5.57 Å². The third kappa shape index (κ3) is 7.82. The molecule has 2 aliphatic heterocycles. The summed E-state index contributed by atoms with van der Waals surface area (Å²) in [7, 11) is 0. The summed E-state index contributed by atoms with van der Waals surface area (Å²) in [6.07, 6.45) is -0.833. The molecule has 1 fully saturated rings. The number of hydrogen-bond donors (Lipinski definition) is 1. The maximum absolute atomic E-state index is 14.1. The molecule has 0 aliphatic carbocycles. The maximum Gasteiger partial charge on any atom is 0.337 e. The quantitative estimate of drug-likeness (QED) is 0.0948. The average Bonchev–Trinajstić information content (AvgIpc) is 3.08. The van der Waals surface area contributed by atoms with Gasteiger partial charge in [0, 0.05) is 5.33 Å². The highest BCUT2D eigenvalue weighted by molar-refractivity contribution is 9.09. The molecular formula is C36H35BrN2O8S. The first kappa shape index (κ1) is 34.9. The normalized spacial score (nSPS) is 19.3. The molecule has 1 N–H and O–H groups in total. The van der Waals surface area contributed by atoms with Crippen molar-refractivity contribution in [1.29, 1.82) is 0 Å². The first-order chi connectivity index (χ1) is 23.0. The molecule has 3 aromatic carbocycles. The first-order valence-electron chi connectivity index (χ1n) is 15.3. The van der Waals surface area contributed by atoms with Crippen LogP contribution in [0, 0.1) is 0 Å². The number of halogens is 1. The summed E-state index contributed by atoms with van der Waals surface area (Å²) in [4.78, 5) is 69.2. The molecule has 5 rings (SSSR count). The molecule has 2 amide bonds. The number of amides is 2. The Morgan fingerprint density at radius 1 is 0.875 bits per heavy atom. The molecule has 0 aromatic heterocycles. The van der Waals surface area contributed by atoms with Crippen LogP contribution in [0.1, 0.15) is 49.5 Å². The first-order valence-corrected chi connectivity index (χ1v) is 17.4. The van der Waals surface area contributed by atoms with Crippen LogP contribution in [0.4, 0.5) is 0 Å². The number of carbonyl (C=O) groups excluding carboxylic acids is 5. The van der Waals surface area contributed by atoms with E-state index in [1.807, 2.05) is 60.7 Å². The predicted octanol–water partition coefficient (Wildman–Crippen LogP) is 5.04. The summed E-state index contributed by atoms with van der Waals surface area (Å²) in [6.45, 7) is 5.13. The van der Waals surface area contributed by atoms with Gasteiger partial charge >= 0.3 is 17.9 Å². The van der Waals surface area contributed by atoms with Crippen molar-refractivity contribution in [2.24, 2.45) is 0 Å². The Hall–Kier alpha value is -4.42. The van der Waals surface area contributed by atoms with Gasteiger partial charge in [-0.2, -0.15) is 0 Å². The van der Waals surface area contributed by atoms with Gasteiger partial charge in [-0.05, 0) is 42.9 Å². The number of nitrogens with one attached hydrogen (secondary N) is 1. The second kappa shape index (κ2) is 15.2. The number of esters is 3. The SMILES string of the molecule is CC(C)(C)OC(=O)C(C(=O)NC1C(=O)N2C(C(=O)OC(c3ccccc3)c3ccccc3)C(C(=O)OCCBr)=CS[C@@H]12)c1ccccc1. The second-order valence-electron chi connectivity index (χ2n) is 12.1. The van der Waals surface area contributed by atoms with Crippen molar-refractivity contribution in [3.05, 3.63) is 119 Å². The summed E-state index contributed by atoms with van der Waals surface area (Å²) in [5, 5.41) is 3.78. The van der Waals surface area contributed by atoms with Gasteiger partial charge in [0.15, 0.2) is 18.1 Å². The Balaban J connectivity index is 1.42. The van der Waals surface area contributed by atoms with Gasteiger partial charge in [-0.3, -0.25) is 14.4 Å². The van der Waals surface area contributed by atoms with Crippen molar-refractivity contribution in [3.8, 4) is 0 Å². The molecule has 0 radical (unpaired) electrons. The number of rotatable bonds is 11. The highest BCUT2D eigenvalue weighted by Crippen LogP contribution is 2.42. The van der Waals surface area contributed by atoms with Gasteiger partial charge < -0.3 is 24.4 Å². The highest BCUT2D eigenvalue weighted by atomic mass is 79.9.